The molecule has 112 valence electrons. The fraction of sp³-hybridized carbons (Fsp3) is 0.267. The second-order valence-electron chi connectivity index (χ2n) is 4.57. The van der Waals surface area contributed by atoms with Crippen molar-refractivity contribution in [2.24, 2.45) is 0 Å². The van der Waals surface area contributed by atoms with E-state index in [0.717, 1.165) is 21.2 Å². The largest absolute Gasteiger partial charge is 0.497 e. The zero-order valence-corrected chi connectivity index (χ0v) is 15.1. The van der Waals surface area contributed by atoms with Crippen LogP contribution >= 0.6 is 39.5 Å². The minimum atomic E-state index is 0.710. The smallest absolute Gasteiger partial charge is 0.169 e. The summed E-state index contributed by atoms with van der Waals surface area (Å²) in [6.07, 6.45) is 0. The summed E-state index contributed by atoms with van der Waals surface area (Å²) in [5.74, 6) is 0.863. The van der Waals surface area contributed by atoms with Crippen molar-refractivity contribution in [1.82, 2.24) is 10.2 Å². The molecular weight excluding hydrogens is 368 g/mol. The molecule has 0 spiro atoms. The highest BCUT2D eigenvalue weighted by Crippen LogP contribution is 2.23. The number of thiophene rings is 1. The monoisotopic (exact) mass is 384 g/mol. The Labute approximate surface area is 143 Å². The van der Waals surface area contributed by atoms with Crippen LogP contribution in [0.2, 0.25) is 0 Å². The van der Waals surface area contributed by atoms with Crippen molar-refractivity contribution >= 4 is 44.6 Å². The van der Waals surface area contributed by atoms with Gasteiger partial charge >= 0.3 is 0 Å². The van der Waals surface area contributed by atoms with Gasteiger partial charge in [-0.25, -0.2) is 0 Å². The van der Waals surface area contributed by atoms with Crippen LogP contribution in [0.1, 0.15) is 10.4 Å². The number of ether oxygens (including phenoxy) is 1. The van der Waals surface area contributed by atoms with Gasteiger partial charge in [0, 0.05) is 18.5 Å². The van der Waals surface area contributed by atoms with E-state index < -0.39 is 0 Å². The highest BCUT2D eigenvalue weighted by Gasteiger charge is 2.06. The van der Waals surface area contributed by atoms with Gasteiger partial charge < -0.3 is 15.0 Å². The topological polar surface area (TPSA) is 24.5 Å². The van der Waals surface area contributed by atoms with Crippen LogP contribution in [0.15, 0.2) is 40.2 Å². The molecule has 0 bridgehead atoms. The van der Waals surface area contributed by atoms with E-state index in [0.29, 0.717) is 6.54 Å². The summed E-state index contributed by atoms with van der Waals surface area (Å²) in [6, 6.07) is 12.1. The molecule has 6 heteroatoms. The van der Waals surface area contributed by atoms with Gasteiger partial charge in [0.2, 0.25) is 0 Å². The Hall–Kier alpha value is -1.11. The number of nitrogens with one attached hydrogen (secondary N) is 1. The molecule has 1 aromatic carbocycles. The first-order valence-corrected chi connectivity index (χ1v) is 8.46. The van der Waals surface area contributed by atoms with Gasteiger partial charge in [0.05, 0.1) is 17.4 Å². The number of halogens is 1. The third-order valence-electron chi connectivity index (χ3n) is 2.97. The van der Waals surface area contributed by atoms with Crippen LogP contribution in [0, 0.1) is 0 Å². The molecule has 1 N–H and O–H groups in total. The average Bonchev–Trinajstić information content (AvgIpc) is 2.90. The standard InChI is InChI=1S/C15H17BrN2OS2/c1-18(10-13-7-8-14(16)21-13)15(20)17-9-11-3-5-12(19-2)6-4-11/h3-8H,9-10H2,1-2H3,(H,17,20). The van der Waals surface area contributed by atoms with Gasteiger partial charge in [0.15, 0.2) is 5.11 Å². The van der Waals surface area contributed by atoms with Gasteiger partial charge in [0.25, 0.3) is 0 Å². The molecule has 0 unspecified atom stereocenters. The summed E-state index contributed by atoms with van der Waals surface area (Å²) in [4.78, 5) is 3.31. The van der Waals surface area contributed by atoms with E-state index in [1.807, 2.05) is 36.2 Å². The maximum absolute atomic E-state index is 5.41. The predicted molar refractivity (Wildman–Crippen MR) is 95.9 cm³/mol. The molecule has 0 aliphatic carbocycles. The van der Waals surface area contributed by atoms with Crippen LogP contribution < -0.4 is 10.1 Å². The predicted octanol–water partition coefficient (Wildman–Crippen LogP) is 4.03. The van der Waals surface area contributed by atoms with Gasteiger partial charge in [-0.2, -0.15) is 0 Å². The summed E-state index contributed by atoms with van der Waals surface area (Å²) < 4.78 is 6.29. The highest BCUT2D eigenvalue weighted by atomic mass is 79.9. The maximum atomic E-state index is 5.41. The molecule has 21 heavy (non-hydrogen) atoms. The first-order valence-electron chi connectivity index (χ1n) is 6.44. The fourth-order valence-electron chi connectivity index (χ4n) is 1.80. The van der Waals surface area contributed by atoms with Crippen molar-refractivity contribution < 1.29 is 4.74 Å². The number of methoxy groups -OCH3 is 1. The lowest BCUT2D eigenvalue weighted by atomic mass is 10.2. The summed E-state index contributed by atoms with van der Waals surface area (Å²) in [5.41, 5.74) is 1.17. The Bertz CT molecular complexity index is 598. The molecule has 2 rings (SSSR count). The maximum Gasteiger partial charge on any atom is 0.169 e. The van der Waals surface area contributed by atoms with E-state index in [1.165, 1.54) is 10.4 Å². The van der Waals surface area contributed by atoms with Crippen LogP contribution in [0.5, 0.6) is 5.75 Å². The number of rotatable bonds is 5. The Morgan fingerprint density at radius 3 is 2.57 bits per heavy atom. The van der Waals surface area contributed by atoms with E-state index in [4.69, 9.17) is 17.0 Å². The summed E-state index contributed by atoms with van der Waals surface area (Å²) in [6.45, 7) is 1.52. The number of hydrogen-bond donors (Lipinski definition) is 1. The molecule has 1 aromatic heterocycles. The number of benzene rings is 1. The van der Waals surface area contributed by atoms with Gasteiger partial charge in [-0.05, 0) is 58.0 Å². The number of hydrogen-bond acceptors (Lipinski definition) is 3. The molecule has 3 nitrogen and oxygen atoms in total. The van der Waals surface area contributed by atoms with Crippen LogP contribution in [-0.4, -0.2) is 24.2 Å². The lowest BCUT2D eigenvalue weighted by Gasteiger charge is -2.20. The van der Waals surface area contributed by atoms with E-state index in [-0.39, 0.29) is 0 Å². The summed E-state index contributed by atoms with van der Waals surface area (Å²) in [7, 11) is 3.66. The summed E-state index contributed by atoms with van der Waals surface area (Å²) >= 11 is 10.6. The molecular formula is C15H17BrN2OS2. The van der Waals surface area contributed by atoms with Crippen LogP contribution in [0.3, 0.4) is 0 Å². The first-order chi connectivity index (χ1) is 10.1. The van der Waals surface area contributed by atoms with E-state index in [9.17, 15) is 0 Å². The molecule has 0 atom stereocenters. The second-order valence-corrected chi connectivity index (χ2v) is 7.50. The molecule has 0 fully saturated rings. The van der Waals surface area contributed by atoms with Gasteiger partial charge in [-0.15, -0.1) is 11.3 Å². The van der Waals surface area contributed by atoms with Gasteiger partial charge in [0.1, 0.15) is 5.75 Å². The normalized spacial score (nSPS) is 10.2. The minimum Gasteiger partial charge on any atom is -0.497 e. The Morgan fingerprint density at radius 2 is 2.00 bits per heavy atom. The zero-order valence-electron chi connectivity index (χ0n) is 11.9. The van der Waals surface area contributed by atoms with Crippen LogP contribution in [-0.2, 0) is 13.1 Å². The van der Waals surface area contributed by atoms with Crippen LogP contribution in [0.25, 0.3) is 0 Å². The molecule has 2 aromatic rings. The number of thiocarbonyl (C=S) groups is 1. The third-order valence-corrected chi connectivity index (χ3v) is 5.04. The quantitative estimate of drug-likeness (QED) is 0.786. The Kier molecular flexibility index (Phi) is 6.02. The van der Waals surface area contributed by atoms with E-state index >= 15 is 0 Å². The van der Waals surface area contributed by atoms with Crippen molar-refractivity contribution in [1.29, 1.82) is 0 Å². The molecule has 0 aliphatic rings. The number of nitrogens with zero attached hydrogens (tertiary/aromatic N) is 1. The molecule has 0 saturated carbocycles. The van der Waals surface area contributed by atoms with Crippen molar-refractivity contribution in [2.75, 3.05) is 14.2 Å². The third kappa shape index (κ3) is 4.98. The Balaban J connectivity index is 1.82. The molecule has 0 saturated heterocycles. The van der Waals surface area contributed by atoms with Crippen molar-refractivity contribution in [3.8, 4) is 5.75 Å². The molecule has 1 heterocycles. The van der Waals surface area contributed by atoms with Crippen molar-refractivity contribution in [3.05, 3.63) is 50.6 Å². The van der Waals surface area contributed by atoms with E-state index in [2.05, 4.69) is 33.4 Å². The van der Waals surface area contributed by atoms with Crippen LogP contribution in [0.4, 0.5) is 0 Å². The van der Waals surface area contributed by atoms with E-state index in [1.54, 1.807) is 18.4 Å². The van der Waals surface area contributed by atoms with Gasteiger partial charge in [-0.3, -0.25) is 0 Å². The first kappa shape index (κ1) is 16.3. The van der Waals surface area contributed by atoms with Crippen molar-refractivity contribution in [3.63, 3.8) is 0 Å². The zero-order chi connectivity index (χ0) is 15.2. The molecule has 0 amide bonds. The lowest BCUT2D eigenvalue weighted by molar-refractivity contribution is 0.414. The van der Waals surface area contributed by atoms with Crippen molar-refractivity contribution in [2.45, 2.75) is 13.1 Å². The Morgan fingerprint density at radius 1 is 1.29 bits per heavy atom. The minimum absolute atomic E-state index is 0.710. The molecule has 0 radical (unpaired) electrons. The van der Waals surface area contributed by atoms with Gasteiger partial charge in [-0.1, -0.05) is 12.1 Å². The summed E-state index contributed by atoms with van der Waals surface area (Å²) in [5, 5.41) is 4.02. The fourth-order valence-corrected chi connectivity index (χ4v) is 3.47. The SMILES string of the molecule is COc1ccc(CNC(=S)N(C)Cc2ccc(Br)s2)cc1. The average molecular weight is 385 g/mol. The molecule has 0 aliphatic heterocycles. The highest BCUT2D eigenvalue weighted by molar-refractivity contribution is 9.11. The lowest BCUT2D eigenvalue weighted by Crippen LogP contribution is -2.35. The second kappa shape index (κ2) is 7.77.